The lowest BCUT2D eigenvalue weighted by Crippen LogP contribution is -2.26. The van der Waals surface area contributed by atoms with Crippen LogP contribution in [0.4, 0.5) is 0 Å². The molecule has 0 aromatic heterocycles. The first-order chi connectivity index (χ1) is 7.65. The second-order valence-electron chi connectivity index (χ2n) is 4.64. The summed E-state index contributed by atoms with van der Waals surface area (Å²) in [5, 5.41) is 0. The normalized spacial score (nSPS) is 27.8. The van der Waals surface area contributed by atoms with E-state index in [-0.39, 0.29) is 12.1 Å². The van der Waals surface area contributed by atoms with Gasteiger partial charge in [0.15, 0.2) is 5.60 Å². The Balaban J connectivity index is 2.11. The van der Waals surface area contributed by atoms with Crippen LogP contribution in [0.15, 0.2) is 0 Å². The van der Waals surface area contributed by atoms with Crippen molar-refractivity contribution in [2.24, 2.45) is 0 Å². The van der Waals surface area contributed by atoms with E-state index in [1.165, 1.54) is 25.7 Å². The molecular formula is C13H24O3. The molecule has 94 valence electrons. The van der Waals surface area contributed by atoms with Crippen molar-refractivity contribution in [3.63, 3.8) is 0 Å². The van der Waals surface area contributed by atoms with Crippen LogP contribution in [0.1, 0.15) is 59.3 Å². The van der Waals surface area contributed by atoms with Gasteiger partial charge < -0.3 is 9.47 Å². The van der Waals surface area contributed by atoms with Crippen molar-refractivity contribution in [1.82, 2.24) is 0 Å². The number of esters is 1. The molecule has 1 aliphatic heterocycles. The molecule has 2 unspecified atom stereocenters. The number of hydrogen-bond acceptors (Lipinski definition) is 3. The molecule has 16 heavy (non-hydrogen) atoms. The summed E-state index contributed by atoms with van der Waals surface area (Å²) < 4.78 is 10.4. The summed E-state index contributed by atoms with van der Waals surface area (Å²) in [6, 6.07) is 0. The van der Waals surface area contributed by atoms with Gasteiger partial charge in [-0.05, 0) is 20.3 Å². The van der Waals surface area contributed by atoms with Crippen LogP contribution in [0.3, 0.4) is 0 Å². The van der Waals surface area contributed by atoms with Crippen LogP contribution in [0.25, 0.3) is 0 Å². The lowest BCUT2D eigenvalue weighted by atomic mass is 10.0. The van der Waals surface area contributed by atoms with Gasteiger partial charge in [0.25, 0.3) is 0 Å². The van der Waals surface area contributed by atoms with Gasteiger partial charge in [0.05, 0.1) is 12.7 Å². The SMILES string of the molecule is CCCCCCCC1OC1(C)C(=O)OCC. The van der Waals surface area contributed by atoms with E-state index in [0.717, 1.165) is 12.8 Å². The average Bonchev–Trinajstić information content (AvgIpc) is 2.92. The standard InChI is InChI=1S/C13H24O3/c1-4-6-7-8-9-10-11-13(3,16-11)12(14)15-5-2/h11H,4-10H2,1-3H3. The molecule has 0 spiro atoms. The van der Waals surface area contributed by atoms with Crippen LogP contribution < -0.4 is 0 Å². The highest BCUT2D eigenvalue weighted by Gasteiger charge is 2.59. The fraction of sp³-hybridized carbons (Fsp3) is 0.923. The quantitative estimate of drug-likeness (QED) is 0.364. The molecule has 0 bridgehead atoms. The van der Waals surface area contributed by atoms with Crippen molar-refractivity contribution in [2.75, 3.05) is 6.61 Å². The number of rotatable bonds is 8. The highest BCUT2D eigenvalue weighted by molar-refractivity contribution is 5.82. The summed E-state index contributed by atoms with van der Waals surface area (Å²) in [5.41, 5.74) is -0.638. The van der Waals surface area contributed by atoms with Gasteiger partial charge in [-0.3, -0.25) is 0 Å². The lowest BCUT2D eigenvalue weighted by Gasteiger charge is -2.05. The Kier molecular flexibility index (Phi) is 5.26. The summed E-state index contributed by atoms with van der Waals surface area (Å²) in [6.07, 6.45) is 7.33. The van der Waals surface area contributed by atoms with Crippen molar-refractivity contribution < 1.29 is 14.3 Å². The third-order valence-corrected chi connectivity index (χ3v) is 3.19. The first-order valence-corrected chi connectivity index (χ1v) is 6.50. The molecule has 2 atom stereocenters. The summed E-state index contributed by atoms with van der Waals surface area (Å²) >= 11 is 0. The zero-order chi connectivity index (χ0) is 12.0. The predicted octanol–water partition coefficient (Wildman–Crippen LogP) is 3.07. The Hall–Kier alpha value is -0.570. The van der Waals surface area contributed by atoms with Crippen LogP contribution in [0.2, 0.25) is 0 Å². The third-order valence-electron chi connectivity index (χ3n) is 3.19. The van der Waals surface area contributed by atoms with Gasteiger partial charge in [-0.15, -0.1) is 0 Å². The zero-order valence-corrected chi connectivity index (χ0v) is 10.8. The number of hydrogen-bond donors (Lipinski definition) is 0. The minimum Gasteiger partial charge on any atom is -0.464 e. The molecule has 3 nitrogen and oxygen atoms in total. The van der Waals surface area contributed by atoms with Gasteiger partial charge in [0.2, 0.25) is 0 Å². The van der Waals surface area contributed by atoms with E-state index in [1.54, 1.807) is 0 Å². The molecular weight excluding hydrogens is 204 g/mol. The van der Waals surface area contributed by atoms with Crippen LogP contribution in [-0.4, -0.2) is 24.3 Å². The van der Waals surface area contributed by atoms with Gasteiger partial charge in [0, 0.05) is 0 Å². The summed E-state index contributed by atoms with van der Waals surface area (Å²) in [5.74, 6) is -0.200. The topological polar surface area (TPSA) is 38.8 Å². The van der Waals surface area contributed by atoms with E-state index < -0.39 is 5.60 Å². The number of carbonyl (C=O) groups excluding carboxylic acids is 1. The molecule has 0 aromatic rings. The van der Waals surface area contributed by atoms with Crippen molar-refractivity contribution in [3.8, 4) is 0 Å². The molecule has 1 heterocycles. The average molecular weight is 228 g/mol. The highest BCUT2D eigenvalue weighted by atomic mass is 16.7. The van der Waals surface area contributed by atoms with Crippen molar-refractivity contribution >= 4 is 5.97 Å². The zero-order valence-electron chi connectivity index (χ0n) is 10.8. The molecule has 0 amide bonds. The van der Waals surface area contributed by atoms with Gasteiger partial charge in [-0.1, -0.05) is 39.0 Å². The maximum atomic E-state index is 11.5. The highest BCUT2D eigenvalue weighted by Crippen LogP contribution is 2.40. The number of epoxide rings is 1. The molecule has 0 radical (unpaired) electrons. The Morgan fingerprint density at radius 1 is 1.25 bits per heavy atom. The van der Waals surface area contributed by atoms with Gasteiger partial charge in [-0.25, -0.2) is 4.79 Å². The van der Waals surface area contributed by atoms with Gasteiger partial charge in [-0.2, -0.15) is 0 Å². The summed E-state index contributed by atoms with van der Waals surface area (Å²) in [4.78, 5) is 11.5. The monoisotopic (exact) mass is 228 g/mol. The number of unbranched alkanes of at least 4 members (excludes halogenated alkanes) is 4. The third kappa shape index (κ3) is 3.48. The Morgan fingerprint density at radius 2 is 1.94 bits per heavy atom. The van der Waals surface area contributed by atoms with Crippen LogP contribution in [0.5, 0.6) is 0 Å². The Bertz CT molecular complexity index is 227. The molecule has 0 saturated carbocycles. The van der Waals surface area contributed by atoms with E-state index in [2.05, 4.69) is 6.92 Å². The van der Waals surface area contributed by atoms with Crippen molar-refractivity contribution in [3.05, 3.63) is 0 Å². The number of carbonyl (C=O) groups is 1. The molecule has 0 aliphatic carbocycles. The van der Waals surface area contributed by atoms with E-state index in [1.807, 2.05) is 13.8 Å². The van der Waals surface area contributed by atoms with Crippen molar-refractivity contribution in [1.29, 1.82) is 0 Å². The predicted molar refractivity (Wildman–Crippen MR) is 63.3 cm³/mol. The Labute approximate surface area is 98.5 Å². The molecule has 0 N–H and O–H groups in total. The molecule has 1 rings (SSSR count). The largest absolute Gasteiger partial charge is 0.464 e. The molecule has 1 aliphatic rings. The summed E-state index contributed by atoms with van der Waals surface area (Å²) in [7, 11) is 0. The smallest absolute Gasteiger partial charge is 0.340 e. The van der Waals surface area contributed by atoms with Crippen LogP contribution in [0, 0.1) is 0 Å². The van der Waals surface area contributed by atoms with Crippen LogP contribution >= 0.6 is 0 Å². The molecule has 1 saturated heterocycles. The second kappa shape index (κ2) is 6.24. The second-order valence-corrected chi connectivity index (χ2v) is 4.64. The Morgan fingerprint density at radius 3 is 2.56 bits per heavy atom. The van der Waals surface area contributed by atoms with E-state index in [4.69, 9.17) is 9.47 Å². The maximum absolute atomic E-state index is 11.5. The van der Waals surface area contributed by atoms with Crippen LogP contribution in [-0.2, 0) is 14.3 Å². The van der Waals surface area contributed by atoms with Gasteiger partial charge in [0.1, 0.15) is 0 Å². The molecule has 0 aromatic carbocycles. The first-order valence-electron chi connectivity index (χ1n) is 6.50. The van der Waals surface area contributed by atoms with E-state index >= 15 is 0 Å². The van der Waals surface area contributed by atoms with E-state index in [9.17, 15) is 4.79 Å². The van der Waals surface area contributed by atoms with Crippen molar-refractivity contribution in [2.45, 2.75) is 71.0 Å². The minimum atomic E-state index is -0.638. The first kappa shape index (κ1) is 13.5. The minimum absolute atomic E-state index is 0.0909. The fourth-order valence-corrected chi connectivity index (χ4v) is 1.98. The summed E-state index contributed by atoms with van der Waals surface area (Å²) in [6.45, 7) is 6.30. The maximum Gasteiger partial charge on any atom is 0.340 e. The lowest BCUT2D eigenvalue weighted by molar-refractivity contribution is -0.148. The fourth-order valence-electron chi connectivity index (χ4n) is 1.98. The van der Waals surface area contributed by atoms with E-state index in [0.29, 0.717) is 6.61 Å². The molecule has 3 heteroatoms. The number of ether oxygens (including phenoxy) is 2. The van der Waals surface area contributed by atoms with Gasteiger partial charge >= 0.3 is 5.97 Å². The molecule has 1 fully saturated rings.